The van der Waals surface area contributed by atoms with Crippen LogP contribution in [0.25, 0.3) is 0 Å². The summed E-state index contributed by atoms with van der Waals surface area (Å²) in [6.45, 7) is 0. The first-order chi connectivity index (χ1) is 11.6. The van der Waals surface area contributed by atoms with Crippen LogP contribution in [0.5, 0.6) is 11.5 Å². The van der Waals surface area contributed by atoms with Crippen LogP contribution in [0, 0.1) is 11.8 Å². The molecule has 2 aliphatic carbocycles. The number of fused-ring (bicyclic) bond motifs is 4. The van der Waals surface area contributed by atoms with Gasteiger partial charge in [0, 0.05) is 24.7 Å². The molecule has 24 heavy (non-hydrogen) atoms. The van der Waals surface area contributed by atoms with Crippen LogP contribution >= 0.6 is 0 Å². The first kappa shape index (κ1) is 15.0. The fourth-order valence-corrected chi connectivity index (χ4v) is 5.25. The van der Waals surface area contributed by atoms with E-state index in [9.17, 15) is 10.2 Å². The lowest BCUT2D eigenvalue weighted by molar-refractivity contribution is -0.208. The minimum absolute atomic E-state index is 0.172. The van der Waals surface area contributed by atoms with Crippen LogP contribution in [0.15, 0.2) is 12.1 Å². The van der Waals surface area contributed by atoms with Crippen LogP contribution in [0.4, 0.5) is 0 Å². The summed E-state index contributed by atoms with van der Waals surface area (Å²) in [5, 5.41) is 21.8. The van der Waals surface area contributed by atoms with Crippen molar-refractivity contribution in [1.82, 2.24) is 0 Å². The van der Waals surface area contributed by atoms with Crippen molar-refractivity contribution in [2.45, 2.75) is 75.8 Å². The second kappa shape index (κ2) is 5.12. The molecule has 130 valence electrons. The SMILES string of the molecule is O[C@@]12CCCC[C@@H]1Cc1cc3c(cc1O2)C[C@H]1CCCC[C@@]1(O)O3. The predicted molar refractivity (Wildman–Crippen MR) is 88.9 cm³/mol. The van der Waals surface area contributed by atoms with Crippen LogP contribution in [-0.4, -0.2) is 21.8 Å². The van der Waals surface area contributed by atoms with Crippen LogP contribution in [-0.2, 0) is 12.8 Å². The number of hydrogen-bond acceptors (Lipinski definition) is 4. The van der Waals surface area contributed by atoms with Gasteiger partial charge in [0.25, 0.3) is 0 Å². The van der Waals surface area contributed by atoms with Gasteiger partial charge in [0.2, 0.25) is 11.6 Å². The largest absolute Gasteiger partial charge is 0.462 e. The Morgan fingerprint density at radius 3 is 1.67 bits per heavy atom. The molecule has 0 unspecified atom stereocenters. The molecule has 0 saturated heterocycles. The Hall–Kier alpha value is -1.26. The standard InChI is InChI=1S/C20H26O4/c21-19-7-3-1-5-15(19)9-13-11-18-14(12-17(13)23-19)10-16-6-2-4-8-20(16,22)24-18/h11-12,15-16,21-22H,1-10H2/t15-,16-,19-,20-/m1/s1. The quantitative estimate of drug-likeness (QED) is 0.766. The van der Waals surface area contributed by atoms with Crippen molar-refractivity contribution >= 4 is 0 Å². The van der Waals surface area contributed by atoms with Crippen molar-refractivity contribution in [3.63, 3.8) is 0 Å². The predicted octanol–water partition coefficient (Wildman–Crippen LogP) is 3.31. The van der Waals surface area contributed by atoms with Crippen LogP contribution in [0.2, 0.25) is 0 Å². The fraction of sp³-hybridized carbons (Fsp3) is 0.700. The van der Waals surface area contributed by atoms with Gasteiger partial charge in [-0.1, -0.05) is 12.8 Å². The Kier molecular flexibility index (Phi) is 3.21. The molecule has 2 N–H and O–H groups in total. The van der Waals surface area contributed by atoms with E-state index in [1.54, 1.807) is 0 Å². The first-order valence-electron chi connectivity index (χ1n) is 9.54. The molecule has 0 bridgehead atoms. The third-order valence-corrected chi connectivity index (χ3v) is 6.70. The second-order valence-corrected chi connectivity index (χ2v) is 8.26. The number of aliphatic hydroxyl groups is 2. The van der Waals surface area contributed by atoms with Crippen LogP contribution in [0.3, 0.4) is 0 Å². The third kappa shape index (κ3) is 2.19. The first-order valence-corrected chi connectivity index (χ1v) is 9.54. The van der Waals surface area contributed by atoms with E-state index >= 15 is 0 Å². The topological polar surface area (TPSA) is 58.9 Å². The van der Waals surface area contributed by atoms with Crippen molar-refractivity contribution in [2.24, 2.45) is 11.8 Å². The van der Waals surface area contributed by atoms with E-state index in [0.717, 1.165) is 86.8 Å². The zero-order chi connectivity index (χ0) is 16.4. The van der Waals surface area contributed by atoms with Gasteiger partial charge in [-0.2, -0.15) is 0 Å². The Labute approximate surface area is 142 Å². The average molecular weight is 330 g/mol. The second-order valence-electron chi connectivity index (χ2n) is 8.26. The summed E-state index contributed by atoms with van der Waals surface area (Å²) in [4.78, 5) is 0. The maximum absolute atomic E-state index is 10.9. The van der Waals surface area contributed by atoms with E-state index in [1.165, 1.54) is 0 Å². The van der Waals surface area contributed by atoms with E-state index in [-0.39, 0.29) is 11.8 Å². The zero-order valence-electron chi connectivity index (χ0n) is 14.1. The molecule has 0 amide bonds. The summed E-state index contributed by atoms with van der Waals surface area (Å²) in [5.41, 5.74) is 2.23. The number of benzene rings is 1. The van der Waals surface area contributed by atoms with Crippen molar-refractivity contribution in [3.8, 4) is 11.5 Å². The fourth-order valence-electron chi connectivity index (χ4n) is 5.25. The van der Waals surface area contributed by atoms with E-state index in [1.807, 2.05) is 0 Å². The molecule has 4 atom stereocenters. The maximum atomic E-state index is 10.9. The van der Waals surface area contributed by atoms with E-state index in [2.05, 4.69) is 12.1 Å². The van der Waals surface area contributed by atoms with Crippen molar-refractivity contribution in [2.75, 3.05) is 0 Å². The van der Waals surface area contributed by atoms with Gasteiger partial charge in [-0.3, -0.25) is 0 Å². The van der Waals surface area contributed by atoms with Gasteiger partial charge in [-0.05, 0) is 61.8 Å². The van der Waals surface area contributed by atoms with Gasteiger partial charge in [-0.15, -0.1) is 0 Å². The summed E-state index contributed by atoms with van der Waals surface area (Å²) in [6, 6.07) is 4.11. The van der Waals surface area contributed by atoms with E-state index < -0.39 is 11.6 Å². The highest BCUT2D eigenvalue weighted by atomic mass is 16.6. The molecule has 4 aliphatic rings. The Morgan fingerprint density at radius 2 is 1.21 bits per heavy atom. The Balaban J connectivity index is 1.51. The maximum Gasteiger partial charge on any atom is 0.211 e. The normalized spacial score (nSPS) is 40.2. The summed E-state index contributed by atoms with van der Waals surface area (Å²) in [6.07, 6.45) is 9.55. The minimum Gasteiger partial charge on any atom is -0.462 e. The van der Waals surface area contributed by atoms with Crippen molar-refractivity contribution < 1.29 is 19.7 Å². The molecule has 2 aliphatic heterocycles. The molecule has 2 fully saturated rings. The molecule has 4 nitrogen and oxygen atoms in total. The van der Waals surface area contributed by atoms with Gasteiger partial charge >= 0.3 is 0 Å². The van der Waals surface area contributed by atoms with E-state index in [0.29, 0.717) is 0 Å². The minimum atomic E-state index is -0.986. The average Bonchev–Trinajstić information content (AvgIpc) is 2.55. The summed E-state index contributed by atoms with van der Waals surface area (Å²) in [7, 11) is 0. The molecule has 5 rings (SSSR count). The molecule has 1 aromatic rings. The van der Waals surface area contributed by atoms with Crippen molar-refractivity contribution in [3.05, 3.63) is 23.3 Å². The highest BCUT2D eigenvalue weighted by molar-refractivity contribution is 5.49. The van der Waals surface area contributed by atoms with Crippen molar-refractivity contribution in [1.29, 1.82) is 0 Å². The summed E-state index contributed by atoms with van der Waals surface area (Å²) < 4.78 is 12.2. The third-order valence-electron chi connectivity index (χ3n) is 6.70. The van der Waals surface area contributed by atoms with Gasteiger partial charge in [0.15, 0.2) is 0 Å². The van der Waals surface area contributed by atoms with E-state index in [4.69, 9.17) is 9.47 Å². The van der Waals surface area contributed by atoms with Crippen LogP contribution < -0.4 is 9.47 Å². The van der Waals surface area contributed by atoms with Gasteiger partial charge in [0.1, 0.15) is 11.5 Å². The molecule has 2 heterocycles. The number of ether oxygens (including phenoxy) is 2. The molecule has 0 radical (unpaired) electrons. The molecule has 2 saturated carbocycles. The summed E-state index contributed by atoms with van der Waals surface area (Å²) >= 11 is 0. The monoisotopic (exact) mass is 330 g/mol. The smallest absolute Gasteiger partial charge is 0.211 e. The molecule has 1 aromatic carbocycles. The molecule has 0 spiro atoms. The Bertz CT molecular complexity index is 614. The van der Waals surface area contributed by atoms with Crippen LogP contribution in [0.1, 0.15) is 62.5 Å². The number of hydrogen-bond donors (Lipinski definition) is 2. The highest BCUT2D eigenvalue weighted by Crippen LogP contribution is 2.49. The van der Waals surface area contributed by atoms with Gasteiger partial charge in [-0.25, -0.2) is 0 Å². The number of rotatable bonds is 0. The lowest BCUT2D eigenvalue weighted by Crippen LogP contribution is -2.50. The molecule has 4 heteroatoms. The lowest BCUT2D eigenvalue weighted by Gasteiger charge is -2.46. The zero-order valence-corrected chi connectivity index (χ0v) is 14.1. The molecular weight excluding hydrogens is 304 g/mol. The molecule has 0 aromatic heterocycles. The van der Waals surface area contributed by atoms with Gasteiger partial charge in [0.05, 0.1) is 0 Å². The lowest BCUT2D eigenvalue weighted by atomic mass is 9.75. The summed E-state index contributed by atoms with van der Waals surface area (Å²) in [5.74, 6) is 0.0107. The Morgan fingerprint density at radius 1 is 0.750 bits per heavy atom. The van der Waals surface area contributed by atoms with Gasteiger partial charge < -0.3 is 19.7 Å². The molecular formula is C20H26O4. The highest BCUT2D eigenvalue weighted by Gasteiger charge is 2.47.